The van der Waals surface area contributed by atoms with E-state index in [9.17, 15) is 0 Å². The number of nitrogens with two attached hydrogens (primary N) is 1. The second-order valence-electron chi connectivity index (χ2n) is 4.97. The number of aromatic nitrogens is 1. The van der Waals surface area contributed by atoms with Crippen LogP contribution in [0.15, 0.2) is 30.3 Å². The molecule has 0 bridgehead atoms. The first-order valence-electron chi connectivity index (χ1n) is 7.15. The van der Waals surface area contributed by atoms with E-state index in [1.165, 1.54) is 0 Å². The maximum atomic E-state index is 5.85. The van der Waals surface area contributed by atoms with Crippen LogP contribution in [0, 0.1) is 0 Å². The lowest BCUT2D eigenvalue weighted by Crippen LogP contribution is -2.18. The second-order valence-corrected chi connectivity index (χ2v) is 6.80. The second kappa shape index (κ2) is 7.61. The molecule has 1 unspecified atom stereocenters. The van der Waals surface area contributed by atoms with Crippen molar-refractivity contribution >= 4 is 45.7 Å². The number of nitrogens with zero attached hydrogens (tertiary/aromatic N) is 1. The van der Waals surface area contributed by atoms with Gasteiger partial charge in [-0.1, -0.05) is 37.3 Å². The first kappa shape index (κ1) is 16.0. The van der Waals surface area contributed by atoms with Crippen molar-refractivity contribution < 1.29 is 0 Å². The number of pyridine rings is 1. The molecule has 5 heteroatoms. The van der Waals surface area contributed by atoms with Gasteiger partial charge in [-0.05, 0) is 37.0 Å². The van der Waals surface area contributed by atoms with E-state index in [0.717, 1.165) is 40.2 Å². The zero-order valence-corrected chi connectivity index (χ0v) is 14.1. The predicted molar refractivity (Wildman–Crippen MR) is 98.3 cm³/mol. The van der Waals surface area contributed by atoms with E-state index < -0.39 is 0 Å². The first-order chi connectivity index (χ1) is 10.1. The summed E-state index contributed by atoms with van der Waals surface area (Å²) in [4.78, 5) is 5.06. The van der Waals surface area contributed by atoms with Gasteiger partial charge in [0.2, 0.25) is 0 Å². The summed E-state index contributed by atoms with van der Waals surface area (Å²) in [5.74, 6) is 3.15. The molecule has 1 aromatic heterocycles. The van der Waals surface area contributed by atoms with E-state index in [1.54, 1.807) is 0 Å². The largest absolute Gasteiger partial charge is 0.389 e. The predicted octanol–water partition coefficient (Wildman–Crippen LogP) is 3.81. The summed E-state index contributed by atoms with van der Waals surface area (Å²) >= 11 is 7.12. The van der Waals surface area contributed by atoms with Gasteiger partial charge in [-0.25, -0.2) is 4.98 Å². The van der Waals surface area contributed by atoms with E-state index in [2.05, 4.69) is 24.1 Å². The Morgan fingerprint density at radius 3 is 2.90 bits per heavy atom. The summed E-state index contributed by atoms with van der Waals surface area (Å²) < 4.78 is 0. The maximum Gasteiger partial charge on any atom is 0.127 e. The maximum absolute atomic E-state index is 5.85. The Hall–Kier alpha value is -1.33. The number of thioether (sulfide) groups is 1. The molecule has 0 amide bonds. The van der Waals surface area contributed by atoms with Crippen molar-refractivity contribution in [2.45, 2.75) is 26.3 Å². The van der Waals surface area contributed by atoms with Crippen LogP contribution in [-0.2, 0) is 0 Å². The smallest absolute Gasteiger partial charge is 0.127 e. The number of hydrogen-bond acceptors (Lipinski definition) is 4. The van der Waals surface area contributed by atoms with Crippen molar-refractivity contribution in [2.24, 2.45) is 5.73 Å². The number of fused-ring (bicyclic) bond motifs is 1. The molecule has 0 fully saturated rings. The number of benzene rings is 1. The highest BCUT2D eigenvalue weighted by Crippen LogP contribution is 2.21. The zero-order valence-electron chi connectivity index (χ0n) is 12.4. The molecule has 0 saturated heterocycles. The molecule has 112 valence electrons. The number of nitrogens with one attached hydrogen (secondary N) is 1. The molecule has 2 rings (SSSR count). The normalized spacial score (nSPS) is 12.3. The van der Waals surface area contributed by atoms with Crippen LogP contribution in [0.4, 0.5) is 5.82 Å². The molecule has 21 heavy (non-hydrogen) atoms. The van der Waals surface area contributed by atoms with Crippen LogP contribution in [0.5, 0.6) is 0 Å². The highest BCUT2D eigenvalue weighted by atomic mass is 32.2. The molecule has 1 heterocycles. The Labute approximate surface area is 135 Å². The molecule has 0 radical (unpaired) electrons. The third kappa shape index (κ3) is 4.32. The highest BCUT2D eigenvalue weighted by Gasteiger charge is 2.09. The monoisotopic (exact) mass is 319 g/mol. The summed E-state index contributed by atoms with van der Waals surface area (Å²) in [5.41, 5.74) is 7.65. The van der Waals surface area contributed by atoms with E-state index in [-0.39, 0.29) is 0 Å². The number of thiocarbonyl (C=S) groups is 1. The lowest BCUT2D eigenvalue weighted by Gasteiger charge is -2.16. The molecule has 0 saturated carbocycles. The van der Waals surface area contributed by atoms with Gasteiger partial charge in [0, 0.05) is 17.0 Å². The summed E-state index contributed by atoms with van der Waals surface area (Å²) in [5, 5.41) is 4.45. The topological polar surface area (TPSA) is 50.9 Å². The van der Waals surface area contributed by atoms with Gasteiger partial charge >= 0.3 is 0 Å². The van der Waals surface area contributed by atoms with Crippen molar-refractivity contribution in [1.82, 2.24) is 4.98 Å². The minimum atomic E-state index is 0.372. The minimum absolute atomic E-state index is 0.372. The van der Waals surface area contributed by atoms with Gasteiger partial charge in [-0.3, -0.25) is 0 Å². The van der Waals surface area contributed by atoms with Crippen LogP contribution in [0.2, 0.25) is 0 Å². The lowest BCUT2D eigenvalue weighted by molar-refractivity contribution is 0.767. The molecule has 1 aromatic carbocycles. The van der Waals surface area contributed by atoms with E-state index >= 15 is 0 Å². The van der Waals surface area contributed by atoms with Crippen LogP contribution < -0.4 is 11.1 Å². The lowest BCUT2D eigenvalue weighted by atomic mass is 10.1. The van der Waals surface area contributed by atoms with Gasteiger partial charge < -0.3 is 11.1 Å². The fourth-order valence-corrected chi connectivity index (χ4v) is 3.16. The molecular formula is C16H21N3S2. The highest BCUT2D eigenvalue weighted by molar-refractivity contribution is 7.99. The van der Waals surface area contributed by atoms with Crippen LogP contribution in [0.1, 0.15) is 25.8 Å². The fraction of sp³-hybridized carbons (Fsp3) is 0.375. The zero-order chi connectivity index (χ0) is 15.2. The van der Waals surface area contributed by atoms with Crippen molar-refractivity contribution in [1.29, 1.82) is 0 Å². The molecule has 2 aromatic rings. The van der Waals surface area contributed by atoms with Crippen molar-refractivity contribution in [3.8, 4) is 0 Å². The standard InChI is InChI=1S/C16H21N3S2/c1-3-21-9-8-11(2)18-15-10-13(16(17)20)12-6-4-5-7-14(12)19-15/h4-7,10-11H,3,8-9H2,1-2H3,(H2,17,20)(H,18,19). The van der Waals surface area contributed by atoms with Crippen LogP contribution in [0.3, 0.4) is 0 Å². The molecule has 0 aliphatic rings. The first-order valence-corrected chi connectivity index (χ1v) is 8.72. The third-order valence-corrected chi connectivity index (χ3v) is 4.43. The molecule has 1 atom stereocenters. The van der Waals surface area contributed by atoms with Crippen molar-refractivity contribution in [3.05, 3.63) is 35.9 Å². The summed E-state index contributed by atoms with van der Waals surface area (Å²) in [7, 11) is 0. The molecule has 0 spiro atoms. The summed E-state index contributed by atoms with van der Waals surface area (Å²) in [6, 6.07) is 10.3. The van der Waals surface area contributed by atoms with E-state index in [1.807, 2.05) is 42.1 Å². The average molecular weight is 319 g/mol. The summed E-state index contributed by atoms with van der Waals surface area (Å²) in [6.45, 7) is 4.36. The Morgan fingerprint density at radius 2 is 2.19 bits per heavy atom. The minimum Gasteiger partial charge on any atom is -0.389 e. The number of para-hydroxylation sites is 1. The van der Waals surface area contributed by atoms with Crippen molar-refractivity contribution in [3.63, 3.8) is 0 Å². The van der Waals surface area contributed by atoms with Crippen molar-refractivity contribution in [2.75, 3.05) is 16.8 Å². The SMILES string of the molecule is CCSCCC(C)Nc1cc(C(N)=S)c2ccccc2n1. The molecule has 0 aliphatic heterocycles. The van der Waals surface area contributed by atoms with E-state index in [4.69, 9.17) is 18.0 Å². The van der Waals surface area contributed by atoms with Gasteiger partial charge in [-0.2, -0.15) is 11.8 Å². The Balaban J connectivity index is 2.22. The Kier molecular flexibility index (Phi) is 5.82. The van der Waals surface area contributed by atoms with Gasteiger partial charge in [0.1, 0.15) is 10.8 Å². The number of hydrogen-bond donors (Lipinski definition) is 2. The number of anilines is 1. The quantitative estimate of drug-likeness (QED) is 0.600. The van der Waals surface area contributed by atoms with Gasteiger partial charge in [-0.15, -0.1) is 0 Å². The van der Waals surface area contributed by atoms with Crippen LogP contribution in [0.25, 0.3) is 10.9 Å². The number of rotatable bonds is 7. The van der Waals surface area contributed by atoms with Gasteiger partial charge in [0.25, 0.3) is 0 Å². The van der Waals surface area contributed by atoms with Gasteiger partial charge in [0.15, 0.2) is 0 Å². The molecule has 3 nitrogen and oxygen atoms in total. The molecule has 3 N–H and O–H groups in total. The fourth-order valence-electron chi connectivity index (χ4n) is 2.18. The molecule has 0 aliphatic carbocycles. The average Bonchev–Trinajstić information content (AvgIpc) is 2.46. The van der Waals surface area contributed by atoms with Crippen LogP contribution >= 0.6 is 24.0 Å². The van der Waals surface area contributed by atoms with Crippen LogP contribution in [-0.4, -0.2) is 27.5 Å². The Morgan fingerprint density at radius 1 is 1.43 bits per heavy atom. The Bertz CT molecular complexity index is 628. The molecular weight excluding hydrogens is 298 g/mol. The third-order valence-electron chi connectivity index (χ3n) is 3.28. The van der Waals surface area contributed by atoms with E-state index in [0.29, 0.717) is 11.0 Å². The van der Waals surface area contributed by atoms with Gasteiger partial charge in [0.05, 0.1) is 5.52 Å². The summed E-state index contributed by atoms with van der Waals surface area (Å²) in [6.07, 6.45) is 1.11.